The van der Waals surface area contributed by atoms with Gasteiger partial charge in [0.05, 0.1) is 0 Å². The first-order valence-corrected chi connectivity index (χ1v) is 6.23. The van der Waals surface area contributed by atoms with E-state index in [1.165, 1.54) is 12.8 Å². The number of carbonyl (C=O) groups excluding carboxylic acids is 1. The quantitative estimate of drug-likeness (QED) is 0.432. The van der Waals surface area contributed by atoms with Gasteiger partial charge < -0.3 is 10.6 Å². The normalized spacial score (nSPS) is 11.5. The number of unbranched alkanes of at least 4 members (excludes halogenated alkanes) is 3. The van der Waals surface area contributed by atoms with E-state index in [2.05, 4.69) is 21.4 Å². The van der Waals surface area contributed by atoms with Crippen LogP contribution in [0.5, 0.6) is 0 Å². The number of nitrogen functional groups attached to an aromatic ring is 1. The summed E-state index contributed by atoms with van der Waals surface area (Å²) in [6.45, 7) is 2.61. The summed E-state index contributed by atoms with van der Waals surface area (Å²) in [6.07, 6.45) is 5.97. The van der Waals surface area contributed by atoms with E-state index >= 15 is 0 Å². The highest BCUT2D eigenvalue weighted by Gasteiger charge is 2.10. The summed E-state index contributed by atoms with van der Waals surface area (Å²) < 4.78 is 3.85. The lowest BCUT2D eigenvalue weighted by Gasteiger charge is -1.98. The van der Waals surface area contributed by atoms with Crippen molar-refractivity contribution in [1.29, 1.82) is 0 Å². The van der Waals surface area contributed by atoms with Gasteiger partial charge in [-0.05, 0) is 12.8 Å². The van der Waals surface area contributed by atoms with Crippen LogP contribution in [-0.2, 0) is 9.63 Å². The molecule has 1 aromatic rings. The maximum absolute atomic E-state index is 10.6. The summed E-state index contributed by atoms with van der Waals surface area (Å²) in [5, 5.41) is 3.93. The molecule has 0 aromatic carbocycles. The van der Waals surface area contributed by atoms with E-state index in [4.69, 9.17) is 10.6 Å². The van der Waals surface area contributed by atoms with Crippen molar-refractivity contribution in [3.05, 3.63) is 5.82 Å². The molecule has 0 atom stereocenters. The SMILES string of the molecule is CCCCCCO/N=C(\[C]=O)c1nsc(N)n1. The number of hydrogen-bond donors (Lipinski definition) is 1. The van der Waals surface area contributed by atoms with Crippen LogP contribution in [0.15, 0.2) is 5.16 Å². The topological polar surface area (TPSA) is 90.5 Å². The van der Waals surface area contributed by atoms with Crippen LogP contribution >= 0.6 is 11.5 Å². The van der Waals surface area contributed by atoms with Crippen molar-refractivity contribution in [2.45, 2.75) is 32.6 Å². The predicted molar refractivity (Wildman–Crippen MR) is 66.6 cm³/mol. The number of oxime groups is 1. The van der Waals surface area contributed by atoms with Crippen LogP contribution in [0.3, 0.4) is 0 Å². The Morgan fingerprint density at radius 1 is 1.53 bits per heavy atom. The Labute approximate surface area is 104 Å². The molecule has 0 saturated carbocycles. The Morgan fingerprint density at radius 2 is 2.35 bits per heavy atom. The van der Waals surface area contributed by atoms with Gasteiger partial charge in [0.25, 0.3) is 6.29 Å². The van der Waals surface area contributed by atoms with E-state index in [9.17, 15) is 4.79 Å². The highest BCUT2D eigenvalue weighted by Crippen LogP contribution is 2.06. The van der Waals surface area contributed by atoms with Crippen LogP contribution in [-0.4, -0.2) is 28.0 Å². The standard InChI is InChI=1S/C10H15N4O2S/c1-2-3-4-5-6-16-13-8(7-15)9-12-10(11)17-14-9/h2-6H2,1H3,(H2,11,12,14)/b13-8+. The summed E-state index contributed by atoms with van der Waals surface area (Å²) in [6, 6.07) is 0. The van der Waals surface area contributed by atoms with Crippen LogP contribution in [0.25, 0.3) is 0 Å². The summed E-state index contributed by atoms with van der Waals surface area (Å²) in [5.41, 5.74) is 5.35. The Bertz CT molecular complexity index is 378. The Morgan fingerprint density at radius 3 is 2.94 bits per heavy atom. The van der Waals surface area contributed by atoms with Crippen molar-refractivity contribution in [2.24, 2.45) is 5.16 Å². The summed E-state index contributed by atoms with van der Waals surface area (Å²) >= 11 is 1.000. The highest BCUT2D eigenvalue weighted by molar-refractivity contribution is 7.09. The molecule has 93 valence electrons. The fourth-order valence-electron chi connectivity index (χ4n) is 1.14. The summed E-state index contributed by atoms with van der Waals surface area (Å²) in [7, 11) is 0. The van der Waals surface area contributed by atoms with E-state index in [0.29, 0.717) is 6.61 Å². The number of hydrogen-bond acceptors (Lipinski definition) is 7. The second-order valence-electron chi connectivity index (χ2n) is 3.39. The Hall–Kier alpha value is -1.50. The zero-order chi connectivity index (χ0) is 12.5. The molecule has 1 heterocycles. The molecule has 1 aromatic heterocycles. The lowest BCUT2D eigenvalue weighted by molar-refractivity contribution is 0.140. The van der Waals surface area contributed by atoms with Crippen molar-refractivity contribution in [1.82, 2.24) is 9.36 Å². The first kappa shape index (κ1) is 13.6. The Kier molecular flexibility index (Phi) is 6.16. The highest BCUT2D eigenvalue weighted by atomic mass is 32.1. The van der Waals surface area contributed by atoms with Crippen molar-refractivity contribution >= 4 is 28.7 Å². The maximum atomic E-state index is 10.6. The van der Waals surface area contributed by atoms with Crippen LogP contribution in [0, 0.1) is 0 Å². The molecule has 0 fully saturated rings. The van der Waals surface area contributed by atoms with Gasteiger partial charge in [0.2, 0.25) is 5.82 Å². The number of rotatable bonds is 8. The third kappa shape index (κ3) is 4.90. The second kappa shape index (κ2) is 7.72. The molecule has 2 N–H and O–H groups in total. The van der Waals surface area contributed by atoms with E-state index in [1.807, 2.05) is 0 Å². The largest absolute Gasteiger partial charge is 0.395 e. The minimum atomic E-state index is -0.0477. The molecule has 0 aliphatic rings. The van der Waals surface area contributed by atoms with Gasteiger partial charge in [-0.1, -0.05) is 24.9 Å². The van der Waals surface area contributed by atoms with Crippen LogP contribution in [0.1, 0.15) is 38.4 Å². The Balaban J connectivity index is 2.37. The molecule has 17 heavy (non-hydrogen) atoms. The minimum absolute atomic E-state index is 0.0477. The average molecular weight is 255 g/mol. The van der Waals surface area contributed by atoms with Crippen molar-refractivity contribution in [3.63, 3.8) is 0 Å². The number of aromatic nitrogens is 2. The molecule has 6 nitrogen and oxygen atoms in total. The first-order valence-electron chi connectivity index (χ1n) is 5.45. The summed E-state index contributed by atoms with van der Waals surface area (Å²) in [4.78, 5) is 19.5. The van der Waals surface area contributed by atoms with Crippen molar-refractivity contribution in [3.8, 4) is 0 Å². The molecular formula is C10H15N4O2S. The monoisotopic (exact) mass is 255 g/mol. The van der Waals surface area contributed by atoms with Gasteiger partial charge >= 0.3 is 0 Å². The third-order valence-electron chi connectivity index (χ3n) is 2.00. The van der Waals surface area contributed by atoms with Crippen molar-refractivity contribution in [2.75, 3.05) is 12.3 Å². The molecule has 0 aliphatic heterocycles. The lowest BCUT2D eigenvalue weighted by Crippen LogP contribution is -2.06. The molecule has 0 amide bonds. The zero-order valence-electron chi connectivity index (χ0n) is 9.68. The van der Waals surface area contributed by atoms with Crippen LogP contribution < -0.4 is 5.73 Å². The van der Waals surface area contributed by atoms with Gasteiger partial charge in [0, 0.05) is 11.5 Å². The molecule has 7 heteroatoms. The molecule has 0 saturated heterocycles. The molecule has 0 aliphatic carbocycles. The molecule has 1 radical (unpaired) electrons. The van der Waals surface area contributed by atoms with E-state index < -0.39 is 0 Å². The molecule has 0 unspecified atom stereocenters. The van der Waals surface area contributed by atoms with Gasteiger partial charge in [-0.2, -0.15) is 9.36 Å². The van der Waals surface area contributed by atoms with Crippen LogP contribution in [0.4, 0.5) is 5.13 Å². The van der Waals surface area contributed by atoms with Crippen LogP contribution in [0.2, 0.25) is 0 Å². The van der Waals surface area contributed by atoms with Gasteiger partial charge in [-0.15, -0.1) is 0 Å². The molecule has 1 rings (SSSR count). The smallest absolute Gasteiger partial charge is 0.261 e. The van der Waals surface area contributed by atoms with Gasteiger partial charge in [0.1, 0.15) is 6.61 Å². The number of nitrogens with two attached hydrogens (primary N) is 1. The van der Waals surface area contributed by atoms with E-state index in [0.717, 1.165) is 24.4 Å². The molecule has 0 bridgehead atoms. The zero-order valence-corrected chi connectivity index (χ0v) is 10.5. The lowest BCUT2D eigenvalue weighted by atomic mass is 10.2. The average Bonchev–Trinajstić information content (AvgIpc) is 2.75. The minimum Gasteiger partial charge on any atom is -0.395 e. The maximum Gasteiger partial charge on any atom is 0.261 e. The molecular weight excluding hydrogens is 240 g/mol. The summed E-state index contributed by atoms with van der Waals surface area (Å²) in [5.74, 6) is 0.163. The first-order chi connectivity index (χ1) is 8.27. The third-order valence-corrected chi connectivity index (χ3v) is 2.54. The van der Waals surface area contributed by atoms with Gasteiger partial charge in [-0.25, -0.2) is 0 Å². The molecule has 0 spiro atoms. The van der Waals surface area contributed by atoms with Crippen molar-refractivity contribution < 1.29 is 9.63 Å². The predicted octanol–water partition coefficient (Wildman–Crippen LogP) is 1.53. The number of nitrogens with zero attached hydrogens (tertiary/aromatic N) is 3. The fraction of sp³-hybridized carbons (Fsp3) is 0.600. The number of anilines is 1. The fourth-order valence-corrected chi connectivity index (χ4v) is 1.57. The van der Waals surface area contributed by atoms with E-state index in [-0.39, 0.29) is 16.7 Å². The van der Waals surface area contributed by atoms with Gasteiger partial charge in [-0.3, -0.25) is 4.79 Å². The van der Waals surface area contributed by atoms with Gasteiger partial charge in [0.15, 0.2) is 10.8 Å². The van der Waals surface area contributed by atoms with E-state index in [1.54, 1.807) is 6.29 Å². The second-order valence-corrected chi connectivity index (χ2v) is 4.18.